The lowest BCUT2D eigenvalue weighted by atomic mass is 9.81. The molecule has 2 nitrogen and oxygen atoms in total. The van der Waals surface area contributed by atoms with Gasteiger partial charge in [0.25, 0.3) is 0 Å². The minimum absolute atomic E-state index is 0.0499. The van der Waals surface area contributed by atoms with E-state index in [2.05, 4.69) is 220 Å². The Balaban J connectivity index is 0.760. The third kappa shape index (κ3) is 5.35. The molecular formula is C63H40O2. The highest BCUT2D eigenvalue weighted by molar-refractivity contribution is 6.26. The molecule has 0 saturated heterocycles. The number of fused-ring (bicyclic) bond motifs is 16. The number of furan rings is 2. The Bertz CT molecular complexity index is 4090. The van der Waals surface area contributed by atoms with Gasteiger partial charge in [-0.25, -0.2) is 0 Å². The van der Waals surface area contributed by atoms with Crippen LogP contribution in [0.15, 0.2) is 215 Å². The van der Waals surface area contributed by atoms with Gasteiger partial charge >= 0.3 is 0 Å². The van der Waals surface area contributed by atoms with E-state index in [0.29, 0.717) is 0 Å². The van der Waals surface area contributed by atoms with Crippen molar-refractivity contribution in [3.8, 4) is 55.6 Å². The summed E-state index contributed by atoms with van der Waals surface area (Å²) in [7, 11) is 0. The third-order valence-corrected chi connectivity index (χ3v) is 14.5. The van der Waals surface area contributed by atoms with Crippen LogP contribution < -0.4 is 0 Å². The molecule has 0 amide bonds. The van der Waals surface area contributed by atoms with Crippen molar-refractivity contribution in [3.05, 3.63) is 217 Å². The number of hydrogen-bond acceptors (Lipinski definition) is 2. The van der Waals surface area contributed by atoms with Crippen LogP contribution in [-0.2, 0) is 5.41 Å². The highest BCUT2D eigenvalue weighted by Crippen LogP contribution is 2.50. The summed E-state index contributed by atoms with van der Waals surface area (Å²) >= 11 is 0. The third-order valence-electron chi connectivity index (χ3n) is 14.5. The van der Waals surface area contributed by atoms with Gasteiger partial charge in [-0.1, -0.05) is 172 Å². The summed E-state index contributed by atoms with van der Waals surface area (Å²) in [6, 6.07) is 75.5. The first-order valence-electron chi connectivity index (χ1n) is 22.6. The minimum atomic E-state index is -0.0499. The zero-order valence-electron chi connectivity index (χ0n) is 35.9. The van der Waals surface area contributed by atoms with Crippen molar-refractivity contribution in [3.63, 3.8) is 0 Å². The van der Waals surface area contributed by atoms with E-state index in [1.165, 1.54) is 88.0 Å². The Labute approximate surface area is 375 Å². The fourth-order valence-corrected chi connectivity index (χ4v) is 11.1. The average molecular weight is 829 g/mol. The van der Waals surface area contributed by atoms with E-state index in [1.807, 2.05) is 0 Å². The molecule has 0 N–H and O–H groups in total. The van der Waals surface area contributed by atoms with Crippen LogP contribution in [0.5, 0.6) is 0 Å². The molecule has 2 aromatic heterocycles. The molecule has 0 atom stereocenters. The Morgan fingerprint density at radius 3 is 1.17 bits per heavy atom. The van der Waals surface area contributed by atoms with Crippen LogP contribution in [0.25, 0.3) is 132 Å². The highest BCUT2D eigenvalue weighted by atomic mass is 16.4. The smallest absolute Gasteiger partial charge is 0.178 e. The van der Waals surface area contributed by atoms with Crippen LogP contribution >= 0.6 is 0 Å². The van der Waals surface area contributed by atoms with Crippen molar-refractivity contribution in [2.75, 3.05) is 0 Å². The molecule has 0 radical (unpaired) electrons. The van der Waals surface area contributed by atoms with Gasteiger partial charge in [0.2, 0.25) is 0 Å². The van der Waals surface area contributed by atoms with Gasteiger partial charge in [-0.2, -0.15) is 0 Å². The van der Waals surface area contributed by atoms with E-state index in [4.69, 9.17) is 8.83 Å². The molecule has 0 spiro atoms. The molecule has 0 fully saturated rings. The second kappa shape index (κ2) is 13.4. The van der Waals surface area contributed by atoms with Crippen LogP contribution in [0.1, 0.15) is 25.0 Å². The maximum atomic E-state index is 6.59. The number of benzene rings is 11. The lowest BCUT2D eigenvalue weighted by molar-refractivity contribution is 0.633. The Morgan fingerprint density at radius 1 is 0.262 bits per heavy atom. The Kier molecular flexibility index (Phi) is 7.49. The van der Waals surface area contributed by atoms with Crippen LogP contribution in [0.2, 0.25) is 0 Å². The van der Waals surface area contributed by atoms with Gasteiger partial charge < -0.3 is 8.83 Å². The van der Waals surface area contributed by atoms with E-state index in [0.717, 1.165) is 55.0 Å². The second-order valence-corrected chi connectivity index (χ2v) is 18.4. The van der Waals surface area contributed by atoms with Crippen molar-refractivity contribution < 1.29 is 8.83 Å². The first-order chi connectivity index (χ1) is 31.9. The maximum Gasteiger partial charge on any atom is 0.178 e. The van der Waals surface area contributed by atoms with Gasteiger partial charge in [0, 0.05) is 27.0 Å². The first-order valence-corrected chi connectivity index (χ1v) is 22.6. The van der Waals surface area contributed by atoms with E-state index in [1.54, 1.807) is 0 Å². The molecule has 0 bridgehead atoms. The van der Waals surface area contributed by atoms with E-state index in [-0.39, 0.29) is 5.41 Å². The van der Waals surface area contributed by atoms with E-state index < -0.39 is 0 Å². The molecular weight excluding hydrogens is 789 g/mol. The van der Waals surface area contributed by atoms with Gasteiger partial charge in [0.15, 0.2) is 11.2 Å². The van der Waals surface area contributed by atoms with Crippen molar-refractivity contribution in [2.24, 2.45) is 0 Å². The molecule has 304 valence electrons. The fourth-order valence-electron chi connectivity index (χ4n) is 11.1. The first kappa shape index (κ1) is 36.3. The van der Waals surface area contributed by atoms with Crippen molar-refractivity contribution in [1.82, 2.24) is 0 Å². The normalized spacial score (nSPS) is 13.2. The zero-order valence-corrected chi connectivity index (χ0v) is 35.9. The summed E-state index contributed by atoms with van der Waals surface area (Å²) in [4.78, 5) is 0. The van der Waals surface area contributed by atoms with E-state index >= 15 is 0 Å². The highest BCUT2D eigenvalue weighted by Gasteiger charge is 2.35. The van der Waals surface area contributed by atoms with Crippen LogP contribution in [0.3, 0.4) is 0 Å². The van der Waals surface area contributed by atoms with Gasteiger partial charge in [0.1, 0.15) is 11.2 Å². The molecule has 11 aromatic carbocycles. The Morgan fingerprint density at radius 2 is 0.615 bits per heavy atom. The summed E-state index contributed by atoms with van der Waals surface area (Å²) in [6.45, 7) is 4.67. The predicted octanol–water partition coefficient (Wildman–Crippen LogP) is 17.9. The summed E-state index contributed by atoms with van der Waals surface area (Å²) in [5.74, 6) is 0. The van der Waals surface area contributed by atoms with Gasteiger partial charge in [0.05, 0.1) is 0 Å². The number of hydrogen-bond donors (Lipinski definition) is 0. The summed E-state index contributed by atoms with van der Waals surface area (Å²) in [5.41, 5.74) is 18.2. The zero-order chi connectivity index (χ0) is 43.0. The van der Waals surface area contributed by atoms with Crippen molar-refractivity contribution in [1.29, 1.82) is 0 Å². The standard InChI is InChI=1S/C63H40O2/c1-63(2)57-14-8-7-13-50(57)51-28-24-44(36-58(51)63)43-26-32-60-56(35-43)53-30-29-52-55-34-42(25-31-59(55)64-61(52)62(53)65-60)40-21-17-38(18-22-40)37-15-19-39(20-16-37)41-23-27-49-47-11-4-3-9-45(47)46-10-5-6-12-48(46)54(49)33-41/h3-36H,1-2H3. The Hall–Kier alpha value is -8.20. The molecule has 2 heteroatoms. The van der Waals surface area contributed by atoms with Crippen LogP contribution in [-0.4, -0.2) is 0 Å². The topological polar surface area (TPSA) is 26.3 Å². The SMILES string of the molecule is CC1(C)c2ccccc2-c2ccc(-c3ccc4oc5c(ccc6c7cc(-c8ccc(-c9ccc(-c%10ccc%11c%12ccccc%12c%12ccccc%12c%11c%10)cc9)cc8)ccc7oc65)c4c3)cc21. The largest absolute Gasteiger partial charge is 0.452 e. The number of rotatable bonds is 4. The van der Waals surface area contributed by atoms with Crippen molar-refractivity contribution in [2.45, 2.75) is 19.3 Å². The summed E-state index contributed by atoms with van der Waals surface area (Å²) < 4.78 is 13.2. The minimum Gasteiger partial charge on any atom is -0.452 e. The molecule has 0 aliphatic heterocycles. The summed E-state index contributed by atoms with van der Waals surface area (Å²) in [5, 5.41) is 12.1. The average Bonchev–Trinajstić information content (AvgIpc) is 4.01. The lowest BCUT2D eigenvalue weighted by Crippen LogP contribution is -2.14. The second-order valence-electron chi connectivity index (χ2n) is 18.4. The van der Waals surface area contributed by atoms with Crippen LogP contribution in [0, 0.1) is 0 Å². The van der Waals surface area contributed by atoms with Crippen LogP contribution in [0.4, 0.5) is 0 Å². The van der Waals surface area contributed by atoms with Gasteiger partial charge in [-0.05, 0) is 148 Å². The molecule has 13 aromatic rings. The molecule has 14 rings (SSSR count). The van der Waals surface area contributed by atoms with Gasteiger partial charge in [-0.15, -0.1) is 0 Å². The molecule has 2 heterocycles. The maximum absolute atomic E-state index is 6.59. The predicted molar refractivity (Wildman–Crippen MR) is 273 cm³/mol. The van der Waals surface area contributed by atoms with Gasteiger partial charge in [-0.3, -0.25) is 0 Å². The van der Waals surface area contributed by atoms with Crippen molar-refractivity contribution >= 4 is 76.2 Å². The molecule has 0 saturated carbocycles. The molecule has 1 aliphatic rings. The lowest BCUT2D eigenvalue weighted by Gasteiger charge is -2.22. The molecule has 65 heavy (non-hydrogen) atoms. The van der Waals surface area contributed by atoms with E-state index in [9.17, 15) is 0 Å². The monoisotopic (exact) mass is 828 g/mol. The quantitative estimate of drug-likeness (QED) is 0.165. The molecule has 1 aliphatic carbocycles. The fraction of sp³-hybridized carbons (Fsp3) is 0.0476. The molecule has 0 unspecified atom stereocenters. The summed E-state index contributed by atoms with van der Waals surface area (Å²) in [6.07, 6.45) is 0.